The summed E-state index contributed by atoms with van der Waals surface area (Å²) in [5, 5.41) is 2.66. The standard InChI is InChI=1S/C15H17N3O3S/c1-22(20,21)18(14-8-3-2-4-9-14)12-15(19)17-11-13-7-5-6-10-16-13/h2-10H,11-12H2,1H3,(H,17,19). The van der Waals surface area contributed by atoms with E-state index in [1.165, 1.54) is 0 Å². The van der Waals surface area contributed by atoms with Crippen molar-refractivity contribution in [2.45, 2.75) is 6.54 Å². The Morgan fingerprint density at radius 1 is 1.14 bits per heavy atom. The van der Waals surface area contributed by atoms with Gasteiger partial charge in [-0.15, -0.1) is 0 Å². The molecule has 0 saturated heterocycles. The minimum Gasteiger partial charge on any atom is -0.349 e. The summed E-state index contributed by atoms with van der Waals surface area (Å²) >= 11 is 0. The summed E-state index contributed by atoms with van der Waals surface area (Å²) < 4.78 is 24.8. The fourth-order valence-electron chi connectivity index (χ4n) is 1.87. The molecule has 7 heteroatoms. The van der Waals surface area contributed by atoms with E-state index in [4.69, 9.17) is 0 Å². The fourth-order valence-corrected chi connectivity index (χ4v) is 2.73. The van der Waals surface area contributed by atoms with Crippen LogP contribution in [0.2, 0.25) is 0 Å². The number of aromatic nitrogens is 1. The molecule has 1 heterocycles. The van der Waals surface area contributed by atoms with Gasteiger partial charge in [0.25, 0.3) is 0 Å². The molecule has 0 radical (unpaired) electrons. The van der Waals surface area contributed by atoms with Crippen LogP contribution in [0.25, 0.3) is 0 Å². The van der Waals surface area contributed by atoms with Gasteiger partial charge in [0.15, 0.2) is 0 Å². The molecule has 0 saturated carbocycles. The third-order valence-electron chi connectivity index (χ3n) is 2.92. The molecule has 0 aliphatic carbocycles. The van der Waals surface area contributed by atoms with Crippen LogP contribution in [0.3, 0.4) is 0 Å². The molecular weight excluding hydrogens is 302 g/mol. The number of amides is 1. The number of carbonyl (C=O) groups is 1. The minimum atomic E-state index is -3.54. The lowest BCUT2D eigenvalue weighted by atomic mass is 10.3. The first kappa shape index (κ1) is 16.0. The topological polar surface area (TPSA) is 79.4 Å². The number of nitrogens with zero attached hydrogens (tertiary/aromatic N) is 2. The Hall–Kier alpha value is -2.41. The van der Waals surface area contributed by atoms with Gasteiger partial charge in [0.1, 0.15) is 6.54 Å². The summed E-state index contributed by atoms with van der Waals surface area (Å²) in [6.45, 7) is -0.0122. The Morgan fingerprint density at radius 3 is 2.41 bits per heavy atom. The van der Waals surface area contributed by atoms with Gasteiger partial charge in [-0.25, -0.2) is 8.42 Å². The van der Waals surface area contributed by atoms with Crippen LogP contribution in [0.4, 0.5) is 5.69 Å². The molecule has 22 heavy (non-hydrogen) atoms. The maximum absolute atomic E-state index is 12.0. The summed E-state index contributed by atoms with van der Waals surface area (Å²) in [6, 6.07) is 13.9. The normalized spacial score (nSPS) is 11.0. The van der Waals surface area contributed by atoms with Gasteiger partial charge in [0.05, 0.1) is 24.2 Å². The monoisotopic (exact) mass is 319 g/mol. The predicted molar refractivity (Wildman–Crippen MR) is 84.7 cm³/mol. The SMILES string of the molecule is CS(=O)(=O)N(CC(=O)NCc1ccccn1)c1ccccc1. The zero-order chi connectivity index (χ0) is 16.0. The minimum absolute atomic E-state index is 0.256. The number of rotatable bonds is 6. The molecule has 1 aromatic heterocycles. The van der Waals surface area contributed by atoms with Crippen molar-refractivity contribution in [3.8, 4) is 0 Å². The van der Waals surface area contributed by atoms with E-state index in [0.717, 1.165) is 10.6 Å². The quantitative estimate of drug-likeness (QED) is 0.866. The lowest BCUT2D eigenvalue weighted by Crippen LogP contribution is -2.40. The molecular formula is C15H17N3O3S. The van der Waals surface area contributed by atoms with Crippen molar-refractivity contribution in [2.24, 2.45) is 0 Å². The van der Waals surface area contributed by atoms with Gasteiger partial charge in [-0.3, -0.25) is 14.1 Å². The van der Waals surface area contributed by atoms with Crippen molar-refractivity contribution < 1.29 is 13.2 Å². The molecule has 0 aliphatic heterocycles. The van der Waals surface area contributed by atoms with Crippen LogP contribution in [-0.4, -0.2) is 32.1 Å². The fraction of sp³-hybridized carbons (Fsp3) is 0.200. The first-order valence-electron chi connectivity index (χ1n) is 6.66. The van der Waals surface area contributed by atoms with Crippen molar-refractivity contribution in [3.63, 3.8) is 0 Å². The van der Waals surface area contributed by atoms with Crippen LogP contribution in [0.1, 0.15) is 5.69 Å². The van der Waals surface area contributed by atoms with Gasteiger partial charge in [-0.2, -0.15) is 0 Å². The molecule has 0 aliphatic rings. The van der Waals surface area contributed by atoms with Gasteiger partial charge < -0.3 is 5.32 Å². The van der Waals surface area contributed by atoms with E-state index in [9.17, 15) is 13.2 Å². The predicted octanol–water partition coefficient (Wildman–Crippen LogP) is 1.16. The van der Waals surface area contributed by atoms with Crippen LogP contribution in [0, 0.1) is 0 Å². The molecule has 2 rings (SSSR count). The third kappa shape index (κ3) is 4.56. The van der Waals surface area contributed by atoms with E-state index in [-0.39, 0.29) is 19.0 Å². The highest BCUT2D eigenvalue weighted by Gasteiger charge is 2.20. The Labute approximate surface area is 129 Å². The molecule has 6 nitrogen and oxygen atoms in total. The van der Waals surface area contributed by atoms with Gasteiger partial charge in [0, 0.05) is 6.20 Å². The molecule has 0 atom stereocenters. The molecule has 0 bridgehead atoms. The Kier molecular flexibility index (Phi) is 5.11. The second kappa shape index (κ2) is 7.04. The van der Waals surface area contributed by atoms with Gasteiger partial charge >= 0.3 is 0 Å². The zero-order valence-corrected chi connectivity index (χ0v) is 13.0. The number of pyridine rings is 1. The van der Waals surface area contributed by atoms with E-state index >= 15 is 0 Å². The van der Waals surface area contributed by atoms with E-state index < -0.39 is 10.0 Å². The zero-order valence-electron chi connectivity index (χ0n) is 12.1. The van der Waals surface area contributed by atoms with Crippen LogP contribution >= 0.6 is 0 Å². The molecule has 1 N–H and O–H groups in total. The molecule has 0 unspecified atom stereocenters. The first-order valence-corrected chi connectivity index (χ1v) is 8.51. The smallest absolute Gasteiger partial charge is 0.241 e. The maximum atomic E-state index is 12.0. The molecule has 1 aromatic carbocycles. The van der Waals surface area contributed by atoms with Crippen molar-refractivity contribution in [1.29, 1.82) is 0 Å². The highest BCUT2D eigenvalue weighted by Crippen LogP contribution is 2.16. The van der Waals surface area contributed by atoms with Gasteiger partial charge in [-0.1, -0.05) is 24.3 Å². The number of carbonyl (C=O) groups excluding carboxylic acids is 1. The van der Waals surface area contributed by atoms with Crippen molar-refractivity contribution in [3.05, 3.63) is 60.4 Å². The summed E-state index contributed by atoms with van der Waals surface area (Å²) in [7, 11) is -3.54. The number of para-hydroxylation sites is 1. The van der Waals surface area contributed by atoms with Crippen LogP contribution < -0.4 is 9.62 Å². The summed E-state index contributed by atoms with van der Waals surface area (Å²) in [4.78, 5) is 16.1. The molecule has 1 amide bonds. The Bertz CT molecular complexity index is 718. The lowest BCUT2D eigenvalue weighted by Gasteiger charge is -2.21. The second-order valence-corrected chi connectivity index (χ2v) is 6.61. The maximum Gasteiger partial charge on any atom is 0.241 e. The number of benzene rings is 1. The molecule has 116 valence electrons. The number of hydrogen-bond donors (Lipinski definition) is 1. The van der Waals surface area contributed by atoms with Crippen LogP contribution in [0.15, 0.2) is 54.7 Å². The average molecular weight is 319 g/mol. The number of hydrogen-bond acceptors (Lipinski definition) is 4. The average Bonchev–Trinajstić information content (AvgIpc) is 2.51. The van der Waals surface area contributed by atoms with Crippen molar-refractivity contribution in [1.82, 2.24) is 10.3 Å². The summed E-state index contributed by atoms with van der Waals surface area (Å²) in [6.07, 6.45) is 2.71. The van der Waals surface area contributed by atoms with Crippen LogP contribution in [-0.2, 0) is 21.4 Å². The first-order chi connectivity index (χ1) is 10.5. The van der Waals surface area contributed by atoms with E-state index in [2.05, 4.69) is 10.3 Å². The second-order valence-electron chi connectivity index (χ2n) is 4.70. The largest absolute Gasteiger partial charge is 0.349 e. The van der Waals surface area contributed by atoms with Gasteiger partial charge in [-0.05, 0) is 24.3 Å². The summed E-state index contributed by atoms with van der Waals surface area (Å²) in [5.41, 5.74) is 1.17. The molecule has 0 fully saturated rings. The van der Waals surface area contributed by atoms with E-state index in [1.54, 1.807) is 48.7 Å². The Morgan fingerprint density at radius 2 is 1.82 bits per heavy atom. The molecule has 2 aromatic rings. The molecule has 0 spiro atoms. The van der Waals surface area contributed by atoms with Gasteiger partial charge in [0.2, 0.25) is 15.9 Å². The van der Waals surface area contributed by atoms with E-state index in [1.807, 2.05) is 6.07 Å². The highest BCUT2D eigenvalue weighted by atomic mass is 32.2. The third-order valence-corrected chi connectivity index (χ3v) is 4.07. The van der Waals surface area contributed by atoms with Crippen LogP contribution in [0.5, 0.6) is 0 Å². The number of nitrogens with one attached hydrogen (secondary N) is 1. The number of sulfonamides is 1. The number of anilines is 1. The lowest BCUT2D eigenvalue weighted by molar-refractivity contribution is -0.119. The van der Waals surface area contributed by atoms with Crippen molar-refractivity contribution >= 4 is 21.6 Å². The highest BCUT2D eigenvalue weighted by molar-refractivity contribution is 7.92. The van der Waals surface area contributed by atoms with E-state index in [0.29, 0.717) is 11.4 Å². The summed E-state index contributed by atoms with van der Waals surface area (Å²) in [5.74, 6) is -0.389. The van der Waals surface area contributed by atoms with Crippen molar-refractivity contribution in [2.75, 3.05) is 17.1 Å². The Balaban J connectivity index is 2.03.